The zero-order valence-corrected chi connectivity index (χ0v) is 11.9. The number of carbonyl (C=O) groups is 1. The normalized spacial score (nSPS) is 17.6. The van der Waals surface area contributed by atoms with Crippen LogP contribution in [-0.4, -0.2) is 23.2 Å². The van der Waals surface area contributed by atoms with E-state index in [1.807, 2.05) is 29.2 Å². The SMILES string of the molecule is O=C(CCl)N1CCc2ccccc2[C@@H]1c1ccccc1. The number of hydrogen-bond acceptors (Lipinski definition) is 1. The van der Waals surface area contributed by atoms with Gasteiger partial charge in [0, 0.05) is 6.54 Å². The molecule has 102 valence electrons. The Morgan fingerprint density at radius 1 is 1.10 bits per heavy atom. The highest BCUT2D eigenvalue weighted by molar-refractivity contribution is 6.27. The highest BCUT2D eigenvalue weighted by atomic mass is 35.5. The molecule has 2 aromatic carbocycles. The Morgan fingerprint density at radius 2 is 1.80 bits per heavy atom. The van der Waals surface area contributed by atoms with Crippen molar-refractivity contribution >= 4 is 17.5 Å². The van der Waals surface area contributed by atoms with Gasteiger partial charge in [-0.15, -0.1) is 11.6 Å². The molecule has 0 N–H and O–H groups in total. The lowest BCUT2D eigenvalue weighted by atomic mass is 9.88. The maximum absolute atomic E-state index is 12.2. The summed E-state index contributed by atoms with van der Waals surface area (Å²) in [5.74, 6) is 0.0286. The van der Waals surface area contributed by atoms with E-state index in [4.69, 9.17) is 11.6 Å². The van der Waals surface area contributed by atoms with Crippen molar-refractivity contribution in [1.82, 2.24) is 4.90 Å². The Bertz CT molecular complexity index is 611. The van der Waals surface area contributed by atoms with E-state index in [1.54, 1.807) is 0 Å². The molecule has 1 heterocycles. The number of carbonyl (C=O) groups excluding carboxylic acids is 1. The highest BCUT2D eigenvalue weighted by Crippen LogP contribution is 2.35. The molecule has 0 aliphatic carbocycles. The summed E-state index contributed by atoms with van der Waals surface area (Å²) in [7, 11) is 0. The average Bonchev–Trinajstić information content (AvgIpc) is 2.53. The molecule has 0 radical (unpaired) electrons. The summed E-state index contributed by atoms with van der Waals surface area (Å²) >= 11 is 5.77. The van der Waals surface area contributed by atoms with Crippen molar-refractivity contribution < 1.29 is 4.79 Å². The summed E-state index contributed by atoms with van der Waals surface area (Å²) in [6.07, 6.45) is 0.891. The average molecular weight is 286 g/mol. The van der Waals surface area contributed by atoms with Crippen LogP contribution in [0.2, 0.25) is 0 Å². The third-order valence-corrected chi connectivity index (χ3v) is 4.06. The predicted octanol–water partition coefficient (Wildman–Crippen LogP) is 3.40. The lowest BCUT2D eigenvalue weighted by molar-refractivity contribution is -0.130. The van der Waals surface area contributed by atoms with Crippen LogP contribution in [0.1, 0.15) is 22.7 Å². The molecule has 3 rings (SSSR count). The van der Waals surface area contributed by atoms with Crippen molar-refractivity contribution in [3.63, 3.8) is 0 Å². The Hall–Kier alpha value is -1.80. The molecule has 0 aromatic heterocycles. The number of hydrogen-bond donors (Lipinski definition) is 0. The second-order valence-electron chi connectivity index (χ2n) is 4.98. The largest absolute Gasteiger partial charge is 0.330 e. The topological polar surface area (TPSA) is 20.3 Å². The van der Waals surface area contributed by atoms with Crippen LogP contribution in [0.25, 0.3) is 0 Å². The number of benzene rings is 2. The fourth-order valence-corrected chi connectivity index (χ4v) is 3.06. The lowest BCUT2D eigenvalue weighted by Gasteiger charge is -2.37. The zero-order valence-electron chi connectivity index (χ0n) is 11.1. The number of nitrogens with zero attached hydrogens (tertiary/aromatic N) is 1. The minimum atomic E-state index is -0.0209. The van der Waals surface area contributed by atoms with Crippen LogP contribution in [0.4, 0.5) is 0 Å². The molecular formula is C17H16ClNO. The van der Waals surface area contributed by atoms with Crippen LogP contribution in [0.3, 0.4) is 0 Å². The lowest BCUT2D eigenvalue weighted by Crippen LogP contribution is -2.41. The van der Waals surface area contributed by atoms with Gasteiger partial charge in [-0.1, -0.05) is 54.6 Å². The first-order valence-electron chi connectivity index (χ1n) is 6.79. The molecule has 20 heavy (non-hydrogen) atoms. The molecule has 1 aliphatic rings. The first-order valence-corrected chi connectivity index (χ1v) is 7.33. The van der Waals surface area contributed by atoms with Crippen molar-refractivity contribution in [1.29, 1.82) is 0 Å². The molecule has 2 nitrogen and oxygen atoms in total. The molecule has 1 atom stereocenters. The van der Waals surface area contributed by atoms with E-state index in [1.165, 1.54) is 11.1 Å². The van der Waals surface area contributed by atoms with E-state index in [0.29, 0.717) is 0 Å². The Balaban J connectivity index is 2.10. The quantitative estimate of drug-likeness (QED) is 0.775. The third kappa shape index (κ3) is 2.32. The van der Waals surface area contributed by atoms with Crippen molar-refractivity contribution in [3.8, 4) is 0 Å². The highest BCUT2D eigenvalue weighted by Gasteiger charge is 2.31. The summed E-state index contributed by atoms with van der Waals surface area (Å²) in [6.45, 7) is 0.724. The molecule has 1 amide bonds. The van der Waals surface area contributed by atoms with E-state index >= 15 is 0 Å². The molecule has 2 aromatic rings. The van der Waals surface area contributed by atoms with Crippen molar-refractivity contribution in [3.05, 3.63) is 71.3 Å². The van der Waals surface area contributed by atoms with Gasteiger partial charge in [-0.3, -0.25) is 4.79 Å². The monoisotopic (exact) mass is 285 g/mol. The van der Waals surface area contributed by atoms with E-state index in [2.05, 4.69) is 30.3 Å². The predicted molar refractivity (Wildman–Crippen MR) is 80.9 cm³/mol. The minimum Gasteiger partial charge on any atom is -0.330 e. The van der Waals surface area contributed by atoms with Gasteiger partial charge in [0.2, 0.25) is 5.91 Å². The fraction of sp³-hybridized carbons (Fsp3) is 0.235. The second-order valence-corrected chi connectivity index (χ2v) is 5.25. The third-order valence-electron chi connectivity index (χ3n) is 3.83. The Morgan fingerprint density at radius 3 is 2.55 bits per heavy atom. The number of rotatable bonds is 2. The van der Waals surface area contributed by atoms with Gasteiger partial charge < -0.3 is 4.90 Å². The molecule has 3 heteroatoms. The van der Waals surface area contributed by atoms with Crippen LogP contribution in [0, 0.1) is 0 Å². The second kappa shape index (κ2) is 5.68. The number of halogens is 1. The number of fused-ring (bicyclic) bond motifs is 1. The van der Waals surface area contributed by atoms with Gasteiger partial charge in [-0.05, 0) is 23.1 Å². The zero-order chi connectivity index (χ0) is 13.9. The van der Waals surface area contributed by atoms with Gasteiger partial charge in [0.1, 0.15) is 5.88 Å². The van der Waals surface area contributed by atoms with E-state index < -0.39 is 0 Å². The smallest absolute Gasteiger partial charge is 0.238 e. The van der Waals surface area contributed by atoms with E-state index in [0.717, 1.165) is 18.5 Å². The summed E-state index contributed by atoms with van der Waals surface area (Å²) in [4.78, 5) is 14.0. The maximum Gasteiger partial charge on any atom is 0.238 e. The van der Waals surface area contributed by atoms with Gasteiger partial charge in [0.15, 0.2) is 0 Å². The van der Waals surface area contributed by atoms with Crippen molar-refractivity contribution in [2.45, 2.75) is 12.5 Å². The van der Waals surface area contributed by atoms with Crippen LogP contribution < -0.4 is 0 Å². The molecular weight excluding hydrogens is 270 g/mol. The first-order chi connectivity index (χ1) is 9.81. The Kier molecular flexibility index (Phi) is 3.75. The summed E-state index contributed by atoms with van der Waals surface area (Å²) in [5, 5.41) is 0. The molecule has 0 spiro atoms. The van der Waals surface area contributed by atoms with Crippen LogP contribution in [0.15, 0.2) is 54.6 Å². The van der Waals surface area contributed by atoms with Crippen LogP contribution in [-0.2, 0) is 11.2 Å². The van der Waals surface area contributed by atoms with E-state index in [9.17, 15) is 4.79 Å². The van der Waals surface area contributed by atoms with E-state index in [-0.39, 0.29) is 17.8 Å². The van der Waals surface area contributed by atoms with Crippen molar-refractivity contribution in [2.75, 3.05) is 12.4 Å². The molecule has 0 saturated heterocycles. The molecule has 0 saturated carbocycles. The number of alkyl halides is 1. The Labute approximate surface area is 124 Å². The molecule has 0 bridgehead atoms. The fourth-order valence-electron chi connectivity index (χ4n) is 2.91. The summed E-state index contributed by atoms with van der Waals surface area (Å²) in [5.41, 5.74) is 3.67. The van der Waals surface area contributed by atoms with Gasteiger partial charge in [0.05, 0.1) is 6.04 Å². The maximum atomic E-state index is 12.2. The molecule has 0 fully saturated rings. The van der Waals surface area contributed by atoms with Crippen LogP contribution >= 0.6 is 11.6 Å². The summed E-state index contributed by atoms with van der Waals surface area (Å²) in [6, 6.07) is 18.5. The number of amides is 1. The summed E-state index contributed by atoms with van der Waals surface area (Å²) < 4.78 is 0. The first kappa shape index (κ1) is 13.2. The van der Waals surface area contributed by atoms with Crippen LogP contribution in [0.5, 0.6) is 0 Å². The minimum absolute atomic E-state index is 0.00461. The molecule has 1 aliphatic heterocycles. The standard InChI is InChI=1S/C17H16ClNO/c18-12-16(20)19-11-10-13-6-4-5-9-15(13)17(19)14-7-2-1-3-8-14/h1-9,17H,10-12H2/t17-/m0/s1. The van der Waals surface area contributed by atoms with Crippen molar-refractivity contribution in [2.24, 2.45) is 0 Å². The van der Waals surface area contributed by atoms with Gasteiger partial charge in [-0.2, -0.15) is 0 Å². The molecule has 0 unspecified atom stereocenters. The van der Waals surface area contributed by atoms with Gasteiger partial charge in [-0.25, -0.2) is 0 Å². The van der Waals surface area contributed by atoms with Gasteiger partial charge >= 0.3 is 0 Å². The van der Waals surface area contributed by atoms with Gasteiger partial charge in [0.25, 0.3) is 0 Å².